The zero-order valence-corrected chi connectivity index (χ0v) is 16.4. The molecule has 0 saturated carbocycles. The zero-order valence-electron chi connectivity index (χ0n) is 15.6. The van der Waals surface area contributed by atoms with Crippen LogP contribution in [0, 0.1) is 0 Å². The van der Waals surface area contributed by atoms with Crippen LogP contribution < -0.4 is 5.32 Å². The van der Waals surface area contributed by atoms with E-state index in [1.807, 2.05) is 73.7 Å². The van der Waals surface area contributed by atoms with Crippen molar-refractivity contribution in [3.8, 4) is 0 Å². The lowest BCUT2D eigenvalue weighted by atomic mass is 10.00. The van der Waals surface area contributed by atoms with Gasteiger partial charge in [0, 0.05) is 4.90 Å². The maximum atomic E-state index is 12.3. The molecule has 0 aromatic heterocycles. The Balaban J connectivity index is 1.33. The van der Waals surface area contributed by atoms with Crippen molar-refractivity contribution in [2.24, 2.45) is 0 Å². The van der Waals surface area contributed by atoms with Crippen molar-refractivity contribution in [3.05, 3.63) is 77.9 Å². The summed E-state index contributed by atoms with van der Waals surface area (Å²) in [4.78, 5) is 25.7. The number of nitrogens with one attached hydrogen (secondary N) is 1. The fourth-order valence-corrected chi connectivity index (χ4v) is 4.73. The first kappa shape index (κ1) is 18.6. The highest BCUT2D eigenvalue weighted by molar-refractivity contribution is 8.01. The van der Waals surface area contributed by atoms with Crippen molar-refractivity contribution >= 4 is 34.4 Å². The van der Waals surface area contributed by atoms with Crippen LogP contribution >= 0.6 is 11.8 Å². The third-order valence-corrected chi connectivity index (χ3v) is 6.22. The largest absolute Gasteiger partial charge is 0.455 e. The van der Waals surface area contributed by atoms with Crippen molar-refractivity contribution in [1.29, 1.82) is 0 Å². The Labute approximate surface area is 168 Å². The van der Waals surface area contributed by atoms with Gasteiger partial charge in [0.05, 0.1) is 6.04 Å². The summed E-state index contributed by atoms with van der Waals surface area (Å²) < 4.78 is 5.27. The van der Waals surface area contributed by atoms with Gasteiger partial charge in [0.25, 0.3) is 5.91 Å². The van der Waals surface area contributed by atoms with E-state index in [-0.39, 0.29) is 29.8 Å². The van der Waals surface area contributed by atoms with E-state index in [2.05, 4.69) is 5.32 Å². The SMILES string of the molecule is CC(NC(=O)COC(=O)C1Cc2ccccc2S1)c1cccc2ccccc12. The van der Waals surface area contributed by atoms with Crippen LogP contribution in [0.15, 0.2) is 71.6 Å². The van der Waals surface area contributed by atoms with Gasteiger partial charge in [-0.3, -0.25) is 9.59 Å². The second kappa shape index (κ2) is 8.07. The smallest absolute Gasteiger partial charge is 0.320 e. The molecule has 0 fully saturated rings. The molecule has 3 aromatic rings. The Morgan fingerprint density at radius 1 is 1.07 bits per heavy atom. The Kier molecular flexibility index (Phi) is 5.35. The predicted octanol–water partition coefficient (Wildman–Crippen LogP) is 4.28. The Morgan fingerprint density at radius 2 is 1.82 bits per heavy atom. The van der Waals surface area contributed by atoms with Gasteiger partial charge in [0.2, 0.25) is 0 Å². The molecule has 1 heterocycles. The number of rotatable bonds is 5. The van der Waals surface area contributed by atoms with Crippen molar-refractivity contribution in [1.82, 2.24) is 5.32 Å². The van der Waals surface area contributed by atoms with Crippen molar-refractivity contribution in [2.75, 3.05) is 6.61 Å². The molecule has 5 heteroatoms. The van der Waals surface area contributed by atoms with Crippen LogP contribution in [0.2, 0.25) is 0 Å². The van der Waals surface area contributed by atoms with Crippen molar-refractivity contribution in [3.63, 3.8) is 0 Å². The number of hydrogen-bond acceptors (Lipinski definition) is 4. The molecule has 0 aliphatic carbocycles. The summed E-state index contributed by atoms with van der Waals surface area (Å²) in [6.07, 6.45) is 0.647. The molecule has 4 rings (SSSR count). The van der Waals surface area contributed by atoms with Gasteiger partial charge < -0.3 is 10.1 Å². The fraction of sp³-hybridized carbons (Fsp3) is 0.217. The minimum atomic E-state index is -0.339. The second-order valence-electron chi connectivity index (χ2n) is 6.88. The average molecular weight is 391 g/mol. The maximum Gasteiger partial charge on any atom is 0.320 e. The molecule has 3 aromatic carbocycles. The van der Waals surface area contributed by atoms with Crippen molar-refractivity contribution in [2.45, 2.75) is 29.5 Å². The minimum absolute atomic E-state index is 0.178. The summed E-state index contributed by atoms with van der Waals surface area (Å²) in [6, 6.07) is 21.9. The molecule has 0 spiro atoms. The van der Waals surface area contributed by atoms with Crippen LogP contribution in [-0.2, 0) is 20.7 Å². The van der Waals surface area contributed by atoms with Crippen molar-refractivity contribution < 1.29 is 14.3 Å². The summed E-state index contributed by atoms with van der Waals surface area (Å²) in [5.41, 5.74) is 2.20. The van der Waals surface area contributed by atoms with E-state index in [1.165, 1.54) is 11.8 Å². The Hall–Kier alpha value is -2.79. The van der Waals surface area contributed by atoms with Crippen LogP contribution in [0.4, 0.5) is 0 Å². The first-order valence-electron chi connectivity index (χ1n) is 9.30. The summed E-state index contributed by atoms with van der Waals surface area (Å²) in [5.74, 6) is -0.636. The molecule has 0 radical (unpaired) electrons. The quantitative estimate of drug-likeness (QED) is 0.660. The van der Waals surface area contributed by atoms with E-state index in [9.17, 15) is 9.59 Å². The summed E-state index contributed by atoms with van der Waals surface area (Å²) in [6.45, 7) is 1.67. The lowest BCUT2D eigenvalue weighted by Gasteiger charge is -2.17. The van der Waals surface area contributed by atoms with Crippen LogP contribution in [0.3, 0.4) is 0 Å². The Morgan fingerprint density at radius 3 is 2.68 bits per heavy atom. The molecule has 0 bridgehead atoms. The predicted molar refractivity (Wildman–Crippen MR) is 111 cm³/mol. The first-order valence-corrected chi connectivity index (χ1v) is 10.2. The fourth-order valence-electron chi connectivity index (χ4n) is 3.53. The molecular weight excluding hydrogens is 370 g/mol. The molecule has 1 aliphatic rings. The lowest BCUT2D eigenvalue weighted by molar-refractivity contribution is -0.148. The number of carbonyl (C=O) groups excluding carboxylic acids is 2. The topological polar surface area (TPSA) is 55.4 Å². The third kappa shape index (κ3) is 3.90. The third-order valence-electron chi connectivity index (χ3n) is 4.92. The molecular formula is C23H21NO3S. The monoisotopic (exact) mass is 391 g/mol. The zero-order chi connectivity index (χ0) is 19.5. The van der Waals surface area contributed by atoms with Crippen LogP contribution in [0.1, 0.15) is 24.1 Å². The molecule has 2 atom stereocenters. The first-order chi connectivity index (χ1) is 13.6. The van der Waals surface area contributed by atoms with Crippen LogP contribution in [0.5, 0.6) is 0 Å². The van der Waals surface area contributed by atoms with Gasteiger partial charge in [-0.25, -0.2) is 0 Å². The number of amides is 1. The van der Waals surface area contributed by atoms with E-state index in [0.29, 0.717) is 6.42 Å². The summed E-state index contributed by atoms with van der Waals surface area (Å²) >= 11 is 1.50. The van der Waals surface area contributed by atoms with E-state index in [4.69, 9.17) is 4.74 Å². The highest BCUT2D eigenvalue weighted by Gasteiger charge is 2.29. The molecule has 142 valence electrons. The highest BCUT2D eigenvalue weighted by atomic mass is 32.2. The molecule has 1 N–H and O–H groups in total. The number of ether oxygens (including phenoxy) is 1. The second-order valence-corrected chi connectivity index (χ2v) is 8.13. The minimum Gasteiger partial charge on any atom is -0.455 e. The van der Waals surface area contributed by atoms with E-state index >= 15 is 0 Å². The van der Waals surface area contributed by atoms with Gasteiger partial charge in [0.15, 0.2) is 6.61 Å². The number of esters is 1. The molecule has 28 heavy (non-hydrogen) atoms. The van der Waals surface area contributed by atoms with Gasteiger partial charge in [-0.1, -0.05) is 60.7 Å². The summed E-state index contributed by atoms with van der Waals surface area (Å²) in [7, 11) is 0. The van der Waals surface area contributed by atoms with Gasteiger partial charge in [0.1, 0.15) is 5.25 Å². The van der Waals surface area contributed by atoms with E-state index < -0.39 is 0 Å². The number of fused-ring (bicyclic) bond motifs is 2. The van der Waals surface area contributed by atoms with Crippen LogP contribution in [-0.4, -0.2) is 23.7 Å². The molecule has 1 amide bonds. The maximum absolute atomic E-state index is 12.3. The van der Waals surface area contributed by atoms with E-state index in [0.717, 1.165) is 26.8 Å². The van der Waals surface area contributed by atoms with Gasteiger partial charge in [-0.15, -0.1) is 11.8 Å². The normalized spacial score (nSPS) is 16.4. The van der Waals surface area contributed by atoms with E-state index in [1.54, 1.807) is 0 Å². The number of hydrogen-bond donors (Lipinski definition) is 1. The average Bonchev–Trinajstić information content (AvgIpc) is 3.16. The number of carbonyl (C=O) groups is 2. The number of thioether (sulfide) groups is 1. The number of benzene rings is 3. The highest BCUT2D eigenvalue weighted by Crippen LogP contribution is 2.37. The lowest BCUT2D eigenvalue weighted by Crippen LogP contribution is -2.32. The van der Waals surface area contributed by atoms with Gasteiger partial charge in [-0.05, 0) is 41.3 Å². The summed E-state index contributed by atoms with van der Waals surface area (Å²) in [5, 5.41) is 4.89. The molecule has 4 nitrogen and oxygen atoms in total. The van der Waals surface area contributed by atoms with Gasteiger partial charge >= 0.3 is 5.97 Å². The molecule has 1 aliphatic heterocycles. The van der Waals surface area contributed by atoms with Crippen LogP contribution in [0.25, 0.3) is 10.8 Å². The standard InChI is InChI=1S/C23H21NO3S/c1-15(18-11-6-9-16-7-2-4-10-19(16)18)24-22(25)14-27-23(26)21-13-17-8-3-5-12-20(17)28-21/h2-12,15,21H,13-14H2,1H3,(H,24,25). The van der Waals surface area contributed by atoms with Gasteiger partial charge in [-0.2, -0.15) is 0 Å². The molecule has 2 unspecified atom stereocenters. The Bertz CT molecular complexity index is 1000. The molecule has 0 saturated heterocycles.